The largest absolute Gasteiger partial charge is 0.377 e. The third kappa shape index (κ3) is 3.77. The molecule has 2 atom stereocenters. The molecule has 2 fully saturated rings. The summed E-state index contributed by atoms with van der Waals surface area (Å²) in [5, 5.41) is 1.02. The monoisotopic (exact) mass is 379 g/mol. The van der Waals surface area contributed by atoms with Crippen molar-refractivity contribution < 1.29 is 9.47 Å². The molecule has 0 aromatic carbocycles. The van der Waals surface area contributed by atoms with Crippen LogP contribution in [0.4, 0.5) is 11.8 Å². The quantitative estimate of drug-likeness (QED) is 0.795. The molecule has 2 aliphatic rings. The van der Waals surface area contributed by atoms with E-state index in [1.165, 1.54) is 0 Å². The minimum absolute atomic E-state index is 0.278. The third-order valence-corrected chi connectivity index (χ3v) is 5.46. The van der Waals surface area contributed by atoms with Crippen LogP contribution in [0.1, 0.15) is 32.7 Å². The van der Waals surface area contributed by atoms with E-state index in [2.05, 4.69) is 23.6 Å². The molecular weight excluding hydrogens is 350 g/mol. The number of fused-ring (bicyclic) bond motifs is 1. The van der Waals surface area contributed by atoms with E-state index in [0.717, 1.165) is 60.0 Å². The van der Waals surface area contributed by atoms with Gasteiger partial charge in [-0.2, -0.15) is 9.97 Å². The van der Waals surface area contributed by atoms with Crippen molar-refractivity contribution >= 4 is 33.5 Å². The van der Waals surface area contributed by atoms with Crippen LogP contribution in [-0.2, 0) is 9.47 Å². The highest BCUT2D eigenvalue weighted by atomic mass is 32.1. The second kappa shape index (κ2) is 8.45. The topological polar surface area (TPSA) is 63.6 Å². The molecule has 26 heavy (non-hydrogen) atoms. The van der Waals surface area contributed by atoms with E-state index in [4.69, 9.17) is 24.4 Å². The molecule has 144 valence electrons. The van der Waals surface area contributed by atoms with Gasteiger partial charge in [-0.1, -0.05) is 25.2 Å². The molecular formula is C18H29N5O2S. The predicted octanol–water partition coefficient (Wildman–Crippen LogP) is 2.87. The average Bonchev–Trinajstić information content (AvgIpc) is 3.04. The summed E-state index contributed by atoms with van der Waals surface area (Å²) >= 11 is 1.63. The van der Waals surface area contributed by atoms with Crippen LogP contribution in [0.15, 0.2) is 0 Å². The Hall–Kier alpha value is -1.51. The van der Waals surface area contributed by atoms with E-state index >= 15 is 0 Å². The third-order valence-electron chi connectivity index (χ3n) is 4.60. The van der Waals surface area contributed by atoms with Crippen molar-refractivity contribution in [1.29, 1.82) is 0 Å². The van der Waals surface area contributed by atoms with E-state index in [1.807, 2.05) is 20.8 Å². The van der Waals surface area contributed by atoms with Gasteiger partial charge in [-0.15, -0.1) is 0 Å². The Morgan fingerprint density at radius 1 is 0.923 bits per heavy atom. The van der Waals surface area contributed by atoms with Crippen LogP contribution >= 0.6 is 11.3 Å². The Morgan fingerprint density at radius 3 is 2.15 bits per heavy atom. The standard InChI is InChI=1S/C16H23N5O2S.C2H6/c1-10-8-22-6-4-20(10)14-13-15(24-12(3)17-13)19-16(18-14)21-5-7-23-9-11(21)2;1-2/h10-11H,4-9H2,1-3H3;1-2H3/t10-,11+;/m1./s1. The molecule has 8 heteroatoms. The van der Waals surface area contributed by atoms with E-state index in [0.29, 0.717) is 6.61 Å². The first kappa shape index (κ1) is 19.3. The maximum Gasteiger partial charge on any atom is 0.229 e. The molecule has 0 spiro atoms. The Bertz CT molecular complexity index is 738. The summed E-state index contributed by atoms with van der Waals surface area (Å²) in [4.78, 5) is 20.0. The zero-order valence-corrected chi connectivity index (χ0v) is 17.2. The maximum absolute atomic E-state index is 5.58. The highest BCUT2D eigenvalue weighted by Gasteiger charge is 2.28. The first-order valence-electron chi connectivity index (χ1n) is 9.47. The molecule has 4 rings (SSSR count). The number of aromatic nitrogens is 3. The molecule has 0 radical (unpaired) electrons. The SMILES string of the molecule is CC.Cc1nc2c(N3CCOC[C@H]3C)nc(N3CCOC[C@@H]3C)nc2s1. The minimum atomic E-state index is 0.278. The number of nitrogens with zero attached hydrogens (tertiary/aromatic N) is 5. The molecule has 2 aromatic heterocycles. The van der Waals surface area contributed by atoms with Crippen LogP contribution in [0, 0.1) is 6.92 Å². The number of anilines is 2. The lowest BCUT2D eigenvalue weighted by atomic mass is 10.2. The first-order chi connectivity index (χ1) is 12.6. The number of hydrogen-bond donors (Lipinski definition) is 0. The smallest absolute Gasteiger partial charge is 0.229 e. The van der Waals surface area contributed by atoms with Crippen molar-refractivity contribution in [2.24, 2.45) is 0 Å². The molecule has 2 saturated heterocycles. The lowest BCUT2D eigenvalue weighted by Gasteiger charge is -2.36. The van der Waals surface area contributed by atoms with Gasteiger partial charge in [-0.25, -0.2) is 4.98 Å². The molecule has 4 heterocycles. The van der Waals surface area contributed by atoms with Gasteiger partial charge in [-0.05, 0) is 20.8 Å². The van der Waals surface area contributed by atoms with Crippen molar-refractivity contribution in [2.45, 2.75) is 46.7 Å². The molecule has 0 aliphatic carbocycles. The molecule has 0 amide bonds. The Labute approximate surface area is 159 Å². The second-order valence-electron chi connectivity index (χ2n) is 6.47. The van der Waals surface area contributed by atoms with Crippen LogP contribution in [0.25, 0.3) is 10.3 Å². The fourth-order valence-corrected chi connectivity index (χ4v) is 4.07. The Kier molecular flexibility index (Phi) is 6.26. The number of thiazole rings is 1. The van der Waals surface area contributed by atoms with Crippen molar-refractivity contribution in [2.75, 3.05) is 49.3 Å². The van der Waals surface area contributed by atoms with Crippen LogP contribution in [0.2, 0.25) is 0 Å². The van der Waals surface area contributed by atoms with Gasteiger partial charge in [0.15, 0.2) is 10.6 Å². The van der Waals surface area contributed by atoms with Crippen LogP contribution in [-0.4, -0.2) is 66.6 Å². The summed E-state index contributed by atoms with van der Waals surface area (Å²) in [6.45, 7) is 14.9. The summed E-state index contributed by atoms with van der Waals surface area (Å²) in [6.07, 6.45) is 0. The number of hydrogen-bond acceptors (Lipinski definition) is 8. The maximum atomic E-state index is 5.58. The fourth-order valence-electron chi connectivity index (χ4n) is 3.30. The van der Waals surface area contributed by atoms with Gasteiger partial charge >= 0.3 is 0 Å². The highest BCUT2D eigenvalue weighted by molar-refractivity contribution is 7.18. The summed E-state index contributed by atoms with van der Waals surface area (Å²) in [7, 11) is 0. The zero-order chi connectivity index (χ0) is 18.7. The summed E-state index contributed by atoms with van der Waals surface area (Å²) in [6, 6.07) is 0.564. The first-order valence-corrected chi connectivity index (χ1v) is 10.3. The number of rotatable bonds is 2. The van der Waals surface area contributed by atoms with Gasteiger partial charge < -0.3 is 19.3 Å². The van der Waals surface area contributed by atoms with Crippen molar-refractivity contribution in [3.05, 3.63) is 5.01 Å². The van der Waals surface area contributed by atoms with Crippen LogP contribution < -0.4 is 9.80 Å². The second-order valence-corrected chi connectivity index (χ2v) is 7.65. The molecule has 0 unspecified atom stereocenters. The van der Waals surface area contributed by atoms with Crippen molar-refractivity contribution in [3.63, 3.8) is 0 Å². The molecule has 2 aliphatic heterocycles. The van der Waals surface area contributed by atoms with Crippen LogP contribution in [0.5, 0.6) is 0 Å². The molecule has 2 aromatic rings. The van der Waals surface area contributed by atoms with E-state index in [-0.39, 0.29) is 12.1 Å². The van der Waals surface area contributed by atoms with Gasteiger partial charge in [0, 0.05) is 13.1 Å². The van der Waals surface area contributed by atoms with Crippen LogP contribution in [0.3, 0.4) is 0 Å². The average molecular weight is 380 g/mol. The highest BCUT2D eigenvalue weighted by Crippen LogP contribution is 2.32. The molecule has 7 nitrogen and oxygen atoms in total. The van der Waals surface area contributed by atoms with Crippen molar-refractivity contribution in [3.8, 4) is 0 Å². The minimum Gasteiger partial charge on any atom is -0.377 e. The van der Waals surface area contributed by atoms with Gasteiger partial charge in [0.05, 0.1) is 43.5 Å². The number of morpholine rings is 2. The van der Waals surface area contributed by atoms with E-state index in [9.17, 15) is 0 Å². The lowest BCUT2D eigenvalue weighted by Crippen LogP contribution is -2.46. The normalized spacial score (nSPS) is 23.7. The van der Waals surface area contributed by atoms with Gasteiger partial charge in [-0.3, -0.25) is 0 Å². The molecule has 0 N–H and O–H groups in total. The van der Waals surface area contributed by atoms with E-state index in [1.54, 1.807) is 11.3 Å². The number of aryl methyl sites for hydroxylation is 1. The molecule has 0 saturated carbocycles. The Morgan fingerprint density at radius 2 is 1.54 bits per heavy atom. The van der Waals surface area contributed by atoms with Gasteiger partial charge in [0.2, 0.25) is 5.95 Å². The predicted molar refractivity (Wildman–Crippen MR) is 107 cm³/mol. The summed E-state index contributed by atoms with van der Waals surface area (Å²) < 4.78 is 11.1. The van der Waals surface area contributed by atoms with Gasteiger partial charge in [0.1, 0.15) is 5.52 Å². The Balaban J connectivity index is 0.000000948. The lowest BCUT2D eigenvalue weighted by molar-refractivity contribution is 0.0973. The summed E-state index contributed by atoms with van der Waals surface area (Å²) in [5.74, 6) is 1.73. The number of ether oxygens (including phenoxy) is 2. The zero-order valence-electron chi connectivity index (χ0n) is 16.4. The van der Waals surface area contributed by atoms with E-state index < -0.39 is 0 Å². The molecule has 0 bridgehead atoms. The fraction of sp³-hybridized carbons (Fsp3) is 0.722. The van der Waals surface area contributed by atoms with Gasteiger partial charge in [0.25, 0.3) is 0 Å². The van der Waals surface area contributed by atoms with Crippen molar-refractivity contribution in [1.82, 2.24) is 15.0 Å². The summed E-state index contributed by atoms with van der Waals surface area (Å²) in [5.41, 5.74) is 0.913.